The number of piperazine rings is 1. The third-order valence-electron chi connectivity index (χ3n) is 6.66. The number of hydrogen-bond acceptors (Lipinski definition) is 5. The van der Waals surface area contributed by atoms with E-state index in [1.165, 1.54) is 41.1 Å². The Morgan fingerprint density at radius 2 is 1.62 bits per heavy atom. The first kappa shape index (κ1) is 26.8. The summed E-state index contributed by atoms with van der Waals surface area (Å²) in [7, 11) is -4.07. The molecule has 9 heteroatoms. The van der Waals surface area contributed by atoms with Crippen LogP contribution in [-0.4, -0.2) is 58.6 Å². The van der Waals surface area contributed by atoms with Crippen LogP contribution in [0.4, 0.5) is 11.4 Å². The van der Waals surface area contributed by atoms with E-state index in [4.69, 9.17) is 16.3 Å². The molecule has 1 aliphatic rings. The van der Waals surface area contributed by atoms with E-state index in [9.17, 15) is 13.2 Å². The van der Waals surface area contributed by atoms with Crippen molar-refractivity contribution in [1.82, 2.24) is 4.90 Å². The molecule has 0 bridgehead atoms. The van der Waals surface area contributed by atoms with Crippen LogP contribution in [0, 0.1) is 13.8 Å². The maximum Gasteiger partial charge on any atom is 0.264 e. The zero-order valence-corrected chi connectivity index (χ0v) is 22.9. The molecule has 7 nitrogen and oxygen atoms in total. The first-order chi connectivity index (χ1) is 17.7. The summed E-state index contributed by atoms with van der Waals surface area (Å²) in [6.45, 7) is 8.42. The summed E-state index contributed by atoms with van der Waals surface area (Å²) in [5.74, 6) is 0.138. The number of nitrogens with zero attached hydrogens (tertiary/aromatic N) is 3. The molecule has 1 fully saturated rings. The topological polar surface area (TPSA) is 70.2 Å². The van der Waals surface area contributed by atoms with Gasteiger partial charge in [0.05, 0.1) is 17.2 Å². The monoisotopic (exact) mass is 541 g/mol. The number of aryl methyl sites for hydroxylation is 1. The summed E-state index contributed by atoms with van der Waals surface area (Å²) in [4.78, 5) is 17.5. The summed E-state index contributed by atoms with van der Waals surface area (Å²) in [5.41, 5.74) is 3.95. The minimum atomic E-state index is -4.07. The predicted octanol–water partition coefficient (Wildman–Crippen LogP) is 4.90. The van der Waals surface area contributed by atoms with Gasteiger partial charge in [-0.15, -0.1) is 0 Å². The van der Waals surface area contributed by atoms with Gasteiger partial charge in [-0.1, -0.05) is 35.9 Å². The van der Waals surface area contributed by atoms with Crippen LogP contribution in [-0.2, 0) is 14.8 Å². The fraction of sp³-hybridized carbons (Fsp3) is 0.321. The molecule has 0 aromatic heterocycles. The molecule has 0 unspecified atom stereocenters. The van der Waals surface area contributed by atoms with Gasteiger partial charge in [0.1, 0.15) is 12.3 Å². The maximum atomic E-state index is 13.8. The Morgan fingerprint density at radius 3 is 2.30 bits per heavy atom. The number of halogens is 1. The molecule has 0 atom stereocenters. The van der Waals surface area contributed by atoms with Crippen molar-refractivity contribution in [3.63, 3.8) is 0 Å². The third-order valence-corrected chi connectivity index (χ3v) is 8.69. The second kappa shape index (κ2) is 11.4. The number of benzene rings is 3. The lowest BCUT2D eigenvalue weighted by molar-refractivity contribution is -0.129. The minimum Gasteiger partial charge on any atom is -0.492 e. The third kappa shape index (κ3) is 5.86. The largest absolute Gasteiger partial charge is 0.492 e. The Labute approximate surface area is 224 Å². The number of hydrogen-bond donors (Lipinski definition) is 0. The van der Waals surface area contributed by atoms with Gasteiger partial charge in [-0.25, -0.2) is 8.42 Å². The maximum absolute atomic E-state index is 13.8. The lowest BCUT2D eigenvalue weighted by Gasteiger charge is -2.38. The van der Waals surface area contributed by atoms with E-state index >= 15 is 0 Å². The first-order valence-electron chi connectivity index (χ1n) is 12.3. The smallest absolute Gasteiger partial charge is 0.264 e. The number of para-hydroxylation sites is 2. The summed E-state index contributed by atoms with van der Waals surface area (Å²) < 4.78 is 34.4. The highest BCUT2D eigenvalue weighted by Crippen LogP contribution is 2.33. The quantitative estimate of drug-likeness (QED) is 0.406. The van der Waals surface area contributed by atoms with Gasteiger partial charge >= 0.3 is 0 Å². The molecule has 0 aliphatic carbocycles. The molecule has 1 aliphatic heterocycles. The normalized spacial score (nSPS) is 13.9. The number of carbonyl (C=O) groups excluding carboxylic acids is 1. The zero-order chi connectivity index (χ0) is 26.6. The second-order valence-corrected chi connectivity index (χ2v) is 11.3. The van der Waals surface area contributed by atoms with Crippen LogP contribution in [0.1, 0.15) is 18.1 Å². The Balaban J connectivity index is 1.58. The number of ether oxygens (including phenoxy) is 1. The molecular weight excluding hydrogens is 510 g/mol. The van der Waals surface area contributed by atoms with Gasteiger partial charge in [0.15, 0.2) is 0 Å². The zero-order valence-electron chi connectivity index (χ0n) is 21.4. The van der Waals surface area contributed by atoms with Crippen molar-refractivity contribution in [2.45, 2.75) is 25.7 Å². The van der Waals surface area contributed by atoms with Crippen LogP contribution in [0.15, 0.2) is 71.6 Å². The molecule has 3 aromatic rings. The SMILES string of the molecule is CCOc1ccccc1N(CC(=O)N1CCN(c2cccc(C)c2C)CC1)S(=O)(=O)c1ccc(Cl)cc1. The standard InChI is InChI=1S/C28H32ClN3O4S/c1-4-36-27-11-6-5-9-26(27)32(37(34,35)24-14-12-23(29)13-15-24)20-28(33)31-18-16-30(17-19-31)25-10-7-8-21(2)22(25)3/h5-15H,4,16-20H2,1-3H3. The van der Waals surface area contributed by atoms with Crippen molar-refractivity contribution in [3.8, 4) is 5.75 Å². The molecule has 4 rings (SSSR count). The van der Waals surface area contributed by atoms with Gasteiger partial charge < -0.3 is 14.5 Å². The molecule has 1 amide bonds. The lowest BCUT2D eigenvalue weighted by atomic mass is 10.1. The summed E-state index contributed by atoms with van der Waals surface area (Å²) in [5, 5.41) is 0.429. The lowest BCUT2D eigenvalue weighted by Crippen LogP contribution is -2.52. The van der Waals surface area contributed by atoms with E-state index < -0.39 is 10.0 Å². The van der Waals surface area contributed by atoms with Gasteiger partial charge in [-0.3, -0.25) is 9.10 Å². The molecule has 0 saturated carbocycles. The van der Waals surface area contributed by atoms with Crippen LogP contribution >= 0.6 is 11.6 Å². The van der Waals surface area contributed by atoms with E-state index in [1.807, 2.05) is 13.0 Å². The van der Waals surface area contributed by atoms with Gasteiger partial charge in [0.25, 0.3) is 10.0 Å². The van der Waals surface area contributed by atoms with Crippen molar-refractivity contribution >= 4 is 38.9 Å². The summed E-state index contributed by atoms with van der Waals surface area (Å²) in [6.07, 6.45) is 0. The highest BCUT2D eigenvalue weighted by molar-refractivity contribution is 7.92. The molecule has 1 saturated heterocycles. The highest BCUT2D eigenvalue weighted by Gasteiger charge is 2.32. The Kier molecular flexibility index (Phi) is 8.29. The summed E-state index contributed by atoms with van der Waals surface area (Å²) in [6, 6.07) is 19.0. The average Bonchev–Trinajstić information content (AvgIpc) is 2.90. The van der Waals surface area contributed by atoms with E-state index in [-0.39, 0.29) is 17.3 Å². The number of sulfonamides is 1. The van der Waals surface area contributed by atoms with Gasteiger partial charge in [-0.2, -0.15) is 0 Å². The van der Waals surface area contributed by atoms with E-state index in [0.717, 1.165) is 4.31 Å². The Bertz CT molecular complexity index is 1350. The van der Waals surface area contributed by atoms with Crippen molar-refractivity contribution in [1.29, 1.82) is 0 Å². The van der Waals surface area contributed by atoms with Crippen LogP contribution in [0.25, 0.3) is 0 Å². The fourth-order valence-corrected chi connectivity index (χ4v) is 6.02. The molecule has 37 heavy (non-hydrogen) atoms. The molecule has 1 heterocycles. The van der Waals surface area contributed by atoms with Gasteiger partial charge in [0, 0.05) is 36.9 Å². The van der Waals surface area contributed by atoms with E-state index in [1.54, 1.807) is 29.2 Å². The van der Waals surface area contributed by atoms with Crippen LogP contribution in [0.2, 0.25) is 5.02 Å². The Morgan fingerprint density at radius 1 is 0.946 bits per heavy atom. The number of carbonyl (C=O) groups is 1. The van der Waals surface area contributed by atoms with Crippen LogP contribution in [0.3, 0.4) is 0 Å². The Hall–Kier alpha value is -3.23. The molecule has 0 radical (unpaired) electrons. The minimum absolute atomic E-state index is 0.0516. The number of rotatable bonds is 8. The van der Waals surface area contributed by atoms with Crippen LogP contribution < -0.4 is 13.9 Å². The van der Waals surface area contributed by atoms with E-state index in [2.05, 4.69) is 30.9 Å². The molecule has 0 spiro atoms. The average molecular weight is 542 g/mol. The van der Waals surface area contributed by atoms with Gasteiger partial charge in [-0.05, 0) is 74.4 Å². The molecular formula is C28H32ClN3O4S. The van der Waals surface area contributed by atoms with Crippen molar-refractivity contribution in [2.75, 3.05) is 48.5 Å². The molecule has 0 N–H and O–H groups in total. The highest BCUT2D eigenvalue weighted by atomic mass is 35.5. The molecule has 3 aromatic carbocycles. The first-order valence-corrected chi connectivity index (χ1v) is 14.1. The predicted molar refractivity (Wildman–Crippen MR) is 148 cm³/mol. The van der Waals surface area contributed by atoms with Gasteiger partial charge in [0.2, 0.25) is 5.91 Å². The van der Waals surface area contributed by atoms with Crippen molar-refractivity contribution in [3.05, 3.63) is 82.9 Å². The van der Waals surface area contributed by atoms with Crippen molar-refractivity contribution < 1.29 is 17.9 Å². The number of anilines is 2. The number of amides is 1. The van der Waals surface area contributed by atoms with Crippen molar-refractivity contribution in [2.24, 2.45) is 0 Å². The fourth-order valence-electron chi connectivity index (χ4n) is 4.47. The molecule has 196 valence electrons. The summed E-state index contributed by atoms with van der Waals surface area (Å²) >= 11 is 5.99. The van der Waals surface area contributed by atoms with Crippen LogP contribution in [0.5, 0.6) is 5.75 Å². The van der Waals surface area contributed by atoms with E-state index in [0.29, 0.717) is 49.2 Å². The second-order valence-electron chi connectivity index (χ2n) is 8.95.